The molecule has 4 rings (SSSR count). The quantitative estimate of drug-likeness (QED) is 0.842. The summed E-state index contributed by atoms with van der Waals surface area (Å²) in [5, 5.41) is 5.15. The molecule has 0 aromatic heterocycles. The molecule has 1 aliphatic carbocycles. The molecule has 2 fully saturated rings. The van der Waals surface area contributed by atoms with Crippen LogP contribution in [-0.2, 0) is 9.31 Å². The van der Waals surface area contributed by atoms with Gasteiger partial charge in [-0.25, -0.2) is 0 Å². The van der Waals surface area contributed by atoms with Gasteiger partial charge < -0.3 is 14.6 Å². The third-order valence-electron chi connectivity index (χ3n) is 6.40. The van der Waals surface area contributed by atoms with Crippen LogP contribution in [0, 0.1) is 0 Å². The molecule has 2 aliphatic rings. The molecule has 0 spiro atoms. The van der Waals surface area contributed by atoms with Crippen molar-refractivity contribution in [2.45, 2.75) is 70.6 Å². The van der Waals surface area contributed by atoms with E-state index >= 15 is 0 Å². The van der Waals surface area contributed by atoms with E-state index in [1.165, 1.54) is 12.8 Å². The molecule has 27 heavy (non-hydrogen) atoms. The lowest BCUT2D eigenvalue weighted by Gasteiger charge is -2.32. The number of carbonyl (C=O) groups is 1. The number of hydrogen-bond acceptors (Lipinski definition) is 3. The summed E-state index contributed by atoms with van der Waals surface area (Å²) in [7, 11) is -0.438. The van der Waals surface area contributed by atoms with Crippen LogP contribution >= 0.6 is 0 Å². The zero-order valence-electron chi connectivity index (χ0n) is 16.7. The Morgan fingerprint density at radius 3 is 2.22 bits per heavy atom. The molecule has 0 unspecified atom stereocenters. The molecule has 5 heteroatoms. The fraction of sp³-hybridized carbons (Fsp3) is 0.500. The molecule has 1 heterocycles. The van der Waals surface area contributed by atoms with Gasteiger partial charge in [0.25, 0.3) is 5.91 Å². The fourth-order valence-corrected chi connectivity index (χ4v) is 4.04. The lowest BCUT2D eigenvalue weighted by atomic mass is 9.75. The summed E-state index contributed by atoms with van der Waals surface area (Å²) in [6, 6.07) is 12.2. The van der Waals surface area contributed by atoms with Crippen molar-refractivity contribution in [1.29, 1.82) is 0 Å². The summed E-state index contributed by atoms with van der Waals surface area (Å²) in [6.07, 6.45) is 4.56. The number of fused-ring (bicyclic) bond motifs is 1. The first-order chi connectivity index (χ1) is 12.8. The molecule has 4 nitrogen and oxygen atoms in total. The Bertz CT molecular complexity index is 855. The number of carbonyl (C=O) groups excluding carboxylic acids is 1. The molecule has 0 bridgehead atoms. The van der Waals surface area contributed by atoms with Gasteiger partial charge in [0.1, 0.15) is 0 Å². The Hall–Kier alpha value is -1.85. The number of rotatable bonds is 3. The van der Waals surface area contributed by atoms with Crippen molar-refractivity contribution < 1.29 is 14.1 Å². The highest BCUT2D eigenvalue weighted by atomic mass is 16.7. The summed E-state index contributed by atoms with van der Waals surface area (Å²) >= 11 is 0. The predicted molar refractivity (Wildman–Crippen MR) is 109 cm³/mol. The second-order valence-electron chi connectivity index (χ2n) is 8.79. The van der Waals surface area contributed by atoms with Crippen molar-refractivity contribution in [3.63, 3.8) is 0 Å². The fourth-order valence-electron chi connectivity index (χ4n) is 4.04. The minimum Gasteiger partial charge on any atom is -0.399 e. The Balaban J connectivity index is 1.69. The maximum atomic E-state index is 12.9. The second-order valence-corrected chi connectivity index (χ2v) is 8.79. The summed E-state index contributed by atoms with van der Waals surface area (Å²) in [4.78, 5) is 12.9. The minimum atomic E-state index is -0.438. The van der Waals surface area contributed by atoms with Crippen molar-refractivity contribution >= 4 is 29.3 Å². The first kappa shape index (κ1) is 18.5. The van der Waals surface area contributed by atoms with Crippen LogP contribution in [0.15, 0.2) is 36.4 Å². The molecule has 1 saturated heterocycles. The van der Waals surface area contributed by atoms with Crippen molar-refractivity contribution in [2.24, 2.45) is 0 Å². The van der Waals surface area contributed by atoms with Gasteiger partial charge in [-0.05, 0) is 62.8 Å². The van der Waals surface area contributed by atoms with E-state index in [0.29, 0.717) is 6.04 Å². The first-order valence-corrected chi connectivity index (χ1v) is 9.97. The third-order valence-corrected chi connectivity index (χ3v) is 6.40. The van der Waals surface area contributed by atoms with Gasteiger partial charge >= 0.3 is 7.12 Å². The topological polar surface area (TPSA) is 47.6 Å². The van der Waals surface area contributed by atoms with Crippen molar-refractivity contribution in [3.05, 3.63) is 42.0 Å². The third kappa shape index (κ3) is 3.28. The largest absolute Gasteiger partial charge is 0.495 e. The van der Waals surface area contributed by atoms with Gasteiger partial charge in [-0.2, -0.15) is 0 Å². The van der Waals surface area contributed by atoms with Gasteiger partial charge in [0.15, 0.2) is 0 Å². The van der Waals surface area contributed by atoms with Crippen LogP contribution in [0.25, 0.3) is 10.8 Å². The lowest BCUT2D eigenvalue weighted by Crippen LogP contribution is -2.41. The van der Waals surface area contributed by atoms with Gasteiger partial charge in [0, 0.05) is 11.6 Å². The Labute approximate surface area is 161 Å². The van der Waals surface area contributed by atoms with Crippen molar-refractivity contribution in [3.8, 4) is 0 Å². The molecule has 0 radical (unpaired) electrons. The maximum absolute atomic E-state index is 12.9. The minimum absolute atomic E-state index is 0.0126. The zero-order chi connectivity index (χ0) is 19.2. The maximum Gasteiger partial charge on any atom is 0.495 e. The predicted octanol–water partition coefficient (Wildman–Crippen LogP) is 3.81. The molecule has 2 aromatic rings. The first-order valence-electron chi connectivity index (χ1n) is 9.97. The molecular formula is C22H28BNO3. The van der Waals surface area contributed by atoms with E-state index in [4.69, 9.17) is 9.31 Å². The SMILES string of the molecule is CC1(C)OB(c2cccc3c(C(=O)NC4CCCC4)cccc23)OC1(C)C. The number of amides is 1. The van der Waals surface area contributed by atoms with E-state index in [-0.39, 0.29) is 5.91 Å². The molecule has 2 aromatic carbocycles. The lowest BCUT2D eigenvalue weighted by molar-refractivity contribution is 0.00578. The Morgan fingerprint density at radius 1 is 0.963 bits per heavy atom. The smallest absolute Gasteiger partial charge is 0.399 e. The van der Waals surface area contributed by atoms with Crippen molar-refractivity contribution in [2.75, 3.05) is 0 Å². The number of nitrogens with one attached hydrogen (secondary N) is 1. The Morgan fingerprint density at radius 2 is 1.56 bits per heavy atom. The highest BCUT2D eigenvalue weighted by molar-refractivity contribution is 6.65. The van der Waals surface area contributed by atoms with Crippen LogP contribution in [-0.4, -0.2) is 30.3 Å². The van der Waals surface area contributed by atoms with Gasteiger partial charge in [-0.3, -0.25) is 4.79 Å². The molecule has 0 atom stereocenters. The Kier molecular flexibility index (Phi) is 4.56. The number of hydrogen-bond donors (Lipinski definition) is 1. The zero-order valence-corrected chi connectivity index (χ0v) is 16.7. The van der Waals surface area contributed by atoms with Gasteiger partial charge in [-0.15, -0.1) is 0 Å². The van der Waals surface area contributed by atoms with Crippen LogP contribution in [0.3, 0.4) is 0 Å². The summed E-state index contributed by atoms with van der Waals surface area (Å²) < 4.78 is 12.5. The number of benzene rings is 2. The summed E-state index contributed by atoms with van der Waals surface area (Å²) in [5.41, 5.74) is 0.911. The van der Waals surface area contributed by atoms with Crippen LogP contribution in [0.4, 0.5) is 0 Å². The van der Waals surface area contributed by atoms with Crippen LogP contribution in [0.1, 0.15) is 63.7 Å². The molecule has 142 valence electrons. The van der Waals surface area contributed by atoms with E-state index in [1.54, 1.807) is 0 Å². The highest BCUT2D eigenvalue weighted by Crippen LogP contribution is 2.37. The van der Waals surface area contributed by atoms with Crippen molar-refractivity contribution in [1.82, 2.24) is 5.32 Å². The normalized spacial score (nSPS) is 21.7. The molecule has 1 saturated carbocycles. The van der Waals surface area contributed by atoms with Crippen LogP contribution in [0.5, 0.6) is 0 Å². The average Bonchev–Trinajstić information content (AvgIpc) is 3.19. The van der Waals surface area contributed by atoms with Gasteiger partial charge in [0.2, 0.25) is 0 Å². The second kappa shape index (κ2) is 6.64. The monoisotopic (exact) mass is 365 g/mol. The molecule has 1 aliphatic heterocycles. The van der Waals surface area contributed by atoms with E-state index in [2.05, 4.69) is 33.0 Å². The van der Waals surface area contributed by atoms with E-state index < -0.39 is 18.3 Å². The standard InChI is InChI=1S/C22H28BNO3/c1-21(2)22(3,4)27-23(26-21)19-14-8-11-16-17(19)12-7-13-18(16)20(25)24-15-9-5-6-10-15/h7-8,11-15H,5-6,9-10H2,1-4H3,(H,24,25). The molecular weight excluding hydrogens is 337 g/mol. The highest BCUT2D eigenvalue weighted by Gasteiger charge is 2.52. The van der Waals surface area contributed by atoms with Crippen LogP contribution < -0.4 is 10.8 Å². The van der Waals surface area contributed by atoms with E-state index in [9.17, 15) is 4.79 Å². The van der Waals surface area contributed by atoms with E-state index in [1.807, 2.05) is 36.4 Å². The average molecular weight is 365 g/mol. The van der Waals surface area contributed by atoms with Crippen LogP contribution in [0.2, 0.25) is 0 Å². The van der Waals surface area contributed by atoms with E-state index in [0.717, 1.165) is 34.6 Å². The summed E-state index contributed by atoms with van der Waals surface area (Å²) in [5.74, 6) is 0.0126. The van der Waals surface area contributed by atoms with Gasteiger partial charge in [0.05, 0.1) is 11.2 Å². The molecule has 1 amide bonds. The summed E-state index contributed by atoms with van der Waals surface area (Å²) in [6.45, 7) is 8.22. The molecule has 1 N–H and O–H groups in total. The van der Waals surface area contributed by atoms with Gasteiger partial charge in [-0.1, -0.05) is 43.2 Å².